The molecule has 0 saturated heterocycles. The first kappa shape index (κ1) is 14.0. The fourth-order valence-corrected chi connectivity index (χ4v) is 2.50. The molecule has 2 rings (SSSR count). The fourth-order valence-electron chi connectivity index (χ4n) is 1.66. The van der Waals surface area contributed by atoms with Gasteiger partial charge in [-0.15, -0.1) is 11.3 Å². The van der Waals surface area contributed by atoms with Crippen LogP contribution in [0.1, 0.15) is 34.1 Å². The van der Waals surface area contributed by atoms with Gasteiger partial charge < -0.3 is 10.5 Å². The van der Waals surface area contributed by atoms with Crippen molar-refractivity contribution in [3.8, 4) is 5.75 Å². The minimum atomic E-state index is -0.389. The molecule has 0 radical (unpaired) electrons. The van der Waals surface area contributed by atoms with E-state index in [0.717, 1.165) is 21.1 Å². The van der Waals surface area contributed by atoms with E-state index in [-0.39, 0.29) is 24.2 Å². The number of aromatic nitrogens is 1. The molecular weight excluding hydrogens is 263 g/mol. The number of thiazole rings is 1. The SMILES string of the molecule is Cc1nc(COc2ccc([C@H](C)N)cc2F)sc1C. The molecule has 1 aromatic carbocycles. The number of rotatable bonds is 4. The maximum absolute atomic E-state index is 13.8. The van der Waals surface area contributed by atoms with E-state index < -0.39 is 0 Å². The highest BCUT2D eigenvalue weighted by Gasteiger charge is 2.09. The van der Waals surface area contributed by atoms with Crippen LogP contribution in [0.25, 0.3) is 0 Å². The van der Waals surface area contributed by atoms with Crippen LogP contribution in [0.5, 0.6) is 5.75 Å². The predicted octanol–water partition coefficient (Wildman–Crippen LogP) is 3.50. The molecule has 1 heterocycles. The summed E-state index contributed by atoms with van der Waals surface area (Å²) >= 11 is 1.57. The zero-order chi connectivity index (χ0) is 14.0. The summed E-state index contributed by atoms with van der Waals surface area (Å²) in [6.07, 6.45) is 0. The van der Waals surface area contributed by atoms with Crippen molar-refractivity contribution in [3.05, 3.63) is 45.2 Å². The molecule has 0 aliphatic heterocycles. The number of nitrogens with zero attached hydrogens (tertiary/aromatic N) is 1. The molecular formula is C14H17FN2OS. The maximum atomic E-state index is 13.8. The highest BCUT2D eigenvalue weighted by molar-refractivity contribution is 7.11. The number of nitrogens with two attached hydrogens (primary N) is 1. The Morgan fingerprint density at radius 3 is 2.68 bits per heavy atom. The van der Waals surface area contributed by atoms with Gasteiger partial charge in [-0.2, -0.15) is 0 Å². The number of halogens is 1. The highest BCUT2D eigenvalue weighted by Crippen LogP contribution is 2.23. The minimum absolute atomic E-state index is 0.187. The predicted molar refractivity (Wildman–Crippen MR) is 74.9 cm³/mol. The van der Waals surface area contributed by atoms with E-state index in [2.05, 4.69) is 4.98 Å². The summed E-state index contributed by atoms with van der Waals surface area (Å²) in [7, 11) is 0. The molecule has 102 valence electrons. The largest absolute Gasteiger partial charge is 0.483 e. The van der Waals surface area contributed by atoms with Gasteiger partial charge in [0.25, 0.3) is 0 Å². The van der Waals surface area contributed by atoms with E-state index in [1.165, 1.54) is 6.07 Å². The van der Waals surface area contributed by atoms with Gasteiger partial charge in [0.1, 0.15) is 11.6 Å². The Kier molecular flexibility index (Phi) is 4.17. The van der Waals surface area contributed by atoms with Crippen molar-refractivity contribution in [2.75, 3.05) is 0 Å². The van der Waals surface area contributed by atoms with Gasteiger partial charge in [0.15, 0.2) is 11.6 Å². The zero-order valence-electron chi connectivity index (χ0n) is 11.2. The van der Waals surface area contributed by atoms with Gasteiger partial charge in [-0.3, -0.25) is 0 Å². The van der Waals surface area contributed by atoms with Crippen LogP contribution in [0.4, 0.5) is 4.39 Å². The molecule has 0 bridgehead atoms. The summed E-state index contributed by atoms with van der Waals surface area (Å²) in [5.74, 6) is -0.158. The van der Waals surface area contributed by atoms with E-state index in [1.807, 2.05) is 20.8 Å². The summed E-state index contributed by atoms with van der Waals surface area (Å²) in [5, 5.41) is 0.852. The van der Waals surface area contributed by atoms with E-state index in [1.54, 1.807) is 23.5 Å². The summed E-state index contributed by atoms with van der Waals surface area (Å²) in [4.78, 5) is 5.51. The number of aryl methyl sites for hydroxylation is 2. The quantitative estimate of drug-likeness (QED) is 0.932. The van der Waals surface area contributed by atoms with Crippen molar-refractivity contribution in [2.24, 2.45) is 5.73 Å². The lowest BCUT2D eigenvalue weighted by Gasteiger charge is -2.09. The maximum Gasteiger partial charge on any atom is 0.165 e. The number of benzene rings is 1. The van der Waals surface area contributed by atoms with Crippen molar-refractivity contribution in [1.82, 2.24) is 4.98 Å². The van der Waals surface area contributed by atoms with Crippen LogP contribution >= 0.6 is 11.3 Å². The normalized spacial score (nSPS) is 12.5. The highest BCUT2D eigenvalue weighted by atomic mass is 32.1. The Hall–Kier alpha value is -1.46. The molecule has 0 aliphatic carbocycles. The molecule has 0 saturated carbocycles. The lowest BCUT2D eigenvalue weighted by atomic mass is 10.1. The van der Waals surface area contributed by atoms with Gasteiger partial charge in [-0.1, -0.05) is 6.07 Å². The van der Waals surface area contributed by atoms with Crippen LogP contribution in [0.2, 0.25) is 0 Å². The van der Waals surface area contributed by atoms with Crippen LogP contribution in [0.15, 0.2) is 18.2 Å². The lowest BCUT2D eigenvalue weighted by molar-refractivity contribution is 0.289. The van der Waals surface area contributed by atoms with Crippen LogP contribution in [0, 0.1) is 19.7 Å². The monoisotopic (exact) mass is 280 g/mol. The van der Waals surface area contributed by atoms with E-state index >= 15 is 0 Å². The number of ether oxygens (including phenoxy) is 1. The molecule has 1 atom stereocenters. The third-order valence-electron chi connectivity index (χ3n) is 2.91. The topological polar surface area (TPSA) is 48.1 Å². The second-order valence-electron chi connectivity index (χ2n) is 4.52. The molecule has 2 aromatic rings. The second kappa shape index (κ2) is 5.67. The van der Waals surface area contributed by atoms with Crippen LogP contribution < -0.4 is 10.5 Å². The van der Waals surface area contributed by atoms with Gasteiger partial charge >= 0.3 is 0 Å². The Morgan fingerprint density at radius 2 is 2.16 bits per heavy atom. The molecule has 3 nitrogen and oxygen atoms in total. The molecule has 0 amide bonds. The standard InChI is InChI=1S/C14H17FN2OS/c1-8(16)11-4-5-13(12(15)6-11)18-7-14-17-9(2)10(3)19-14/h4-6,8H,7,16H2,1-3H3/t8-/m0/s1. The van der Waals surface area contributed by atoms with Crippen LogP contribution in [-0.4, -0.2) is 4.98 Å². The van der Waals surface area contributed by atoms with E-state index in [9.17, 15) is 4.39 Å². The van der Waals surface area contributed by atoms with Crippen molar-refractivity contribution in [1.29, 1.82) is 0 Å². The van der Waals surface area contributed by atoms with Crippen molar-refractivity contribution < 1.29 is 9.13 Å². The Balaban J connectivity index is 2.07. The summed E-state index contributed by atoms with van der Waals surface area (Å²) in [5.41, 5.74) is 7.45. The minimum Gasteiger partial charge on any atom is -0.483 e. The van der Waals surface area contributed by atoms with Crippen molar-refractivity contribution >= 4 is 11.3 Å². The molecule has 0 aliphatic rings. The molecule has 19 heavy (non-hydrogen) atoms. The average Bonchev–Trinajstić information content (AvgIpc) is 2.67. The van der Waals surface area contributed by atoms with Gasteiger partial charge in [0.05, 0.1) is 5.69 Å². The summed E-state index contributed by atoms with van der Waals surface area (Å²) in [6.45, 7) is 6.06. The van der Waals surface area contributed by atoms with Gasteiger partial charge in [-0.05, 0) is 38.5 Å². The molecule has 5 heteroatoms. The van der Waals surface area contributed by atoms with Crippen molar-refractivity contribution in [3.63, 3.8) is 0 Å². The summed E-state index contributed by atoms with van der Waals surface area (Å²) < 4.78 is 19.3. The van der Waals surface area contributed by atoms with Crippen LogP contribution in [0.3, 0.4) is 0 Å². The third kappa shape index (κ3) is 3.30. The first-order chi connectivity index (χ1) is 8.97. The second-order valence-corrected chi connectivity index (χ2v) is 5.80. The Bertz CT molecular complexity index is 561. The smallest absolute Gasteiger partial charge is 0.165 e. The molecule has 1 aromatic heterocycles. The first-order valence-electron chi connectivity index (χ1n) is 6.08. The zero-order valence-corrected chi connectivity index (χ0v) is 12.1. The molecule has 0 spiro atoms. The molecule has 0 unspecified atom stereocenters. The van der Waals surface area contributed by atoms with Gasteiger partial charge in [0, 0.05) is 10.9 Å². The number of hydrogen-bond acceptors (Lipinski definition) is 4. The van der Waals surface area contributed by atoms with Crippen LogP contribution in [-0.2, 0) is 6.61 Å². The van der Waals surface area contributed by atoms with E-state index in [0.29, 0.717) is 0 Å². The van der Waals surface area contributed by atoms with E-state index in [4.69, 9.17) is 10.5 Å². The Morgan fingerprint density at radius 1 is 1.42 bits per heavy atom. The molecule has 2 N–H and O–H groups in total. The Labute approximate surface area is 116 Å². The summed E-state index contributed by atoms with van der Waals surface area (Å²) in [6, 6.07) is 4.62. The molecule has 0 fully saturated rings. The van der Waals surface area contributed by atoms with Gasteiger partial charge in [0.2, 0.25) is 0 Å². The first-order valence-corrected chi connectivity index (χ1v) is 6.89. The third-order valence-corrected chi connectivity index (χ3v) is 3.95. The fraction of sp³-hybridized carbons (Fsp3) is 0.357. The lowest BCUT2D eigenvalue weighted by Crippen LogP contribution is -2.06. The van der Waals surface area contributed by atoms with Gasteiger partial charge in [-0.25, -0.2) is 9.37 Å². The average molecular weight is 280 g/mol. The van der Waals surface area contributed by atoms with Crippen molar-refractivity contribution in [2.45, 2.75) is 33.4 Å². The number of hydrogen-bond donors (Lipinski definition) is 1.